The lowest BCUT2D eigenvalue weighted by molar-refractivity contribution is -0.119. The molecule has 0 aromatic heterocycles. The molecule has 134 valence electrons. The van der Waals surface area contributed by atoms with Gasteiger partial charge in [-0.05, 0) is 86.0 Å². The Morgan fingerprint density at radius 2 is 1.96 bits per heavy atom. The highest BCUT2D eigenvalue weighted by Crippen LogP contribution is 2.66. The van der Waals surface area contributed by atoms with E-state index in [1.54, 1.807) is 0 Å². The Morgan fingerprint density at radius 1 is 1.21 bits per heavy atom. The van der Waals surface area contributed by atoms with Crippen molar-refractivity contribution in [3.63, 3.8) is 0 Å². The second kappa shape index (κ2) is 5.41. The summed E-state index contributed by atoms with van der Waals surface area (Å²) >= 11 is 0. The summed E-state index contributed by atoms with van der Waals surface area (Å²) in [4.78, 5) is 11.9. The zero-order valence-corrected chi connectivity index (χ0v) is 15.3. The van der Waals surface area contributed by atoms with Crippen molar-refractivity contribution in [1.82, 2.24) is 0 Å². The molecule has 3 fully saturated rings. The normalized spacial score (nSPS) is 52.1. The largest absolute Gasteiger partial charge is 0.393 e. The molecule has 4 aliphatic carbocycles. The number of hydrogen-bond acceptors (Lipinski definition) is 3. The number of aliphatic hydroxyl groups is 2. The topological polar surface area (TPSA) is 57.5 Å². The molecule has 3 heteroatoms. The number of fused-ring (bicyclic) bond motifs is 5. The van der Waals surface area contributed by atoms with Crippen LogP contribution in [0.5, 0.6) is 0 Å². The lowest BCUT2D eigenvalue weighted by Gasteiger charge is -2.58. The monoisotopic (exact) mass is 332 g/mol. The van der Waals surface area contributed by atoms with Crippen LogP contribution in [0, 0.1) is 34.5 Å². The molecule has 0 radical (unpaired) electrons. The molecule has 0 saturated heterocycles. The van der Waals surface area contributed by atoms with Crippen molar-refractivity contribution in [1.29, 1.82) is 0 Å². The molecule has 0 heterocycles. The van der Waals surface area contributed by atoms with Crippen LogP contribution in [0.2, 0.25) is 0 Å². The minimum Gasteiger partial charge on any atom is -0.393 e. The minimum atomic E-state index is -0.340. The zero-order valence-electron chi connectivity index (χ0n) is 15.3. The molecule has 4 aliphatic rings. The van der Waals surface area contributed by atoms with Crippen LogP contribution in [-0.4, -0.2) is 28.2 Å². The first-order valence-electron chi connectivity index (χ1n) is 9.87. The smallest absolute Gasteiger partial charge is 0.155 e. The van der Waals surface area contributed by atoms with Crippen molar-refractivity contribution in [2.75, 3.05) is 0 Å². The van der Waals surface area contributed by atoms with E-state index in [1.165, 1.54) is 12.0 Å². The first-order chi connectivity index (χ1) is 11.3. The SMILES string of the molecule is C[C@H](O)[C@H]1C[C@@H](O)[C@H]2C3CCC4=CC(=O)CC[C@]4(C)[C@H]3CC[C@]12C. The predicted molar refractivity (Wildman–Crippen MR) is 93.3 cm³/mol. The standard InChI is InChI=1S/C21H32O3/c1-12(22)17-11-18(24)19-15-5-4-13-10-14(23)6-8-20(13,2)16(15)7-9-21(17,19)3/h10,12,15-19,22,24H,4-9,11H2,1-3H3/t12-,15?,16-,17+,18+,19+,20-,21+/m0/s1. The summed E-state index contributed by atoms with van der Waals surface area (Å²) in [6.45, 7) is 6.59. The van der Waals surface area contributed by atoms with Gasteiger partial charge in [0.1, 0.15) is 0 Å². The number of carbonyl (C=O) groups is 1. The summed E-state index contributed by atoms with van der Waals surface area (Å²) in [5, 5.41) is 21.2. The molecule has 1 unspecified atom stereocenters. The van der Waals surface area contributed by atoms with Crippen LogP contribution in [0.15, 0.2) is 11.6 Å². The van der Waals surface area contributed by atoms with Crippen LogP contribution >= 0.6 is 0 Å². The third-order valence-corrected chi connectivity index (χ3v) is 8.60. The van der Waals surface area contributed by atoms with E-state index in [0.29, 0.717) is 30.0 Å². The van der Waals surface area contributed by atoms with Crippen molar-refractivity contribution < 1.29 is 15.0 Å². The second-order valence-electron chi connectivity index (χ2n) is 9.58. The maximum atomic E-state index is 11.9. The molecular formula is C21H32O3. The molecule has 8 atom stereocenters. The highest BCUT2D eigenvalue weighted by molar-refractivity contribution is 5.91. The van der Waals surface area contributed by atoms with Gasteiger partial charge in [-0.25, -0.2) is 0 Å². The average molecular weight is 332 g/mol. The number of aliphatic hydroxyl groups excluding tert-OH is 2. The Kier molecular flexibility index (Phi) is 3.78. The summed E-state index contributed by atoms with van der Waals surface area (Å²) in [5.74, 6) is 1.96. The fraction of sp³-hybridized carbons (Fsp3) is 0.857. The first kappa shape index (κ1) is 16.8. The van der Waals surface area contributed by atoms with Gasteiger partial charge < -0.3 is 10.2 Å². The van der Waals surface area contributed by atoms with Crippen LogP contribution < -0.4 is 0 Å². The fourth-order valence-electron chi connectivity index (χ4n) is 7.42. The van der Waals surface area contributed by atoms with Gasteiger partial charge in [0.25, 0.3) is 0 Å². The molecule has 24 heavy (non-hydrogen) atoms. The van der Waals surface area contributed by atoms with Crippen molar-refractivity contribution in [3.05, 3.63) is 11.6 Å². The minimum absolute atomic E-state index is 0.0663. The third-order valence-electron chi connectivity index (χ3n) is 8.60. The number of hydrogen-bond donors (Lipinski definition) is 2. The molecule has 0 aliphatic heterocycles. The van der Waals surface area contributed by atoms with E-state index in [2.05, 4.69) is 13.8 Å². The molecule has 0 aromatic rings. The lowest BCUT2D eigenvalue weighted by Crippen LogP contribution is -2.52. The predicted octanol–water partition coefficient (Wildman–Crippen LogP) is 3.49. The van der Waals surface area contributed by atoms with Crippen molar-refractivity contribution in [2.24, 2.45) is 34.5 Å². The van der Waals surface area contributed by atoms with E-state index in [1.807, 2.05) is 13.0 Å². The summed E-state index contributed by atoms with van der Waals surface area (Å²) in [6.07, 6.45) is 8.14. The third kappa shape index (κ3) is 2.13. The quantitative estimate of drug-likeness (QED) is 0.773. The van der Waals surface area contributed by atoms with Crippen LogP contribution in [0.4, 0.5) is 0 Å². The van der Waals surface area contributed by atoms with Gasteiger partial charge in [0, 0.05) is 6.42 Å². The van der Waals surface area contributed by atoms with E-state index in [4.69, 9.17) is 0 Å². The van der Waals surface area contributed by atoms with Gasteiger partial charge in [0.2, 0.25) is 0 Å². The molecule has 3 saturated carbocycles. The molecule has 3 nitrogen and oxygen atoms in total. The van der Waals surface area contributed by atoms with Gasteiger partial charge in [0.15, 0.2) is 5.78 Å². The van der Waals surface area contributed by atoms with Gasteiger partial charge in [-0.3, -0.25) is 4.79 Å². The van der Waals surface area contributed by atoms with Gasteiger partial charge in [-0.1, -0.05) is 19.4 Å². The Labute approximate surface area is 145 Å². The Bertz CT molecular complexity index is 580. The number of carbonyl (C=O) groups excluding carboxylic acids is 1. The average Bonchev–Trinajstić information content (AvgIpc) is 2.80. The maximum Gasteiger partial charge on any atom is 0.155 e. The van der Waals surface area contributed by atoms with Crippen LogP contribution in [0.1, 0.15) is 65.7 Å². The molecular weight excluding hydrogens is 300 g/mol. The van der Waals surface area contributed by atoms with Gasteiger partial charge in [0.05, 0.1) is 12.2 Å². The van der Waals surface area contributed by atoms with Crippen LogP contribution in [0.3, 0.4) is 0 Å². The molecule has 0 aromatic carbocycles. The molecule has 0 amide bonds. The summed E-state index contributed by atoms with van der Waals surface area (Å²) in [7, 11) is 0. The number of ketones is 1. The van der Waals surface area contributed by atoms with Crippen molar-refractivity contribution >= 4 is 5.78 Å². The van der Waals surface area contributed by atoms with E-state index >= 15 is 0 Å². The molecule has 0 spiro atoms. The highest BCUT2D eigenvalue weighted by Gasteiger charge is 2.62. The molecule has 0 bridgehead atoms. The second-order valence-corrected chi connectivity index (χ2v) is 9.58. The fourth-order valence-corrected chi connectivity index (χ4v) is 7.42. The van der Waals surface area contributed by atoms with Crippen molar-refractivity contribution in [2.45, 2.75) is 77.9 Å². The van der Waals surface area contributed by atoms with Crippen molar-refractivity contribution in [3.8, 4) is 0 Å². The Balaban J connectivity index is 1.69. The summed E-state index contributed by atoms with van der Waals surface area (Å²) in [6, 6.07) is 0. The lowest BCUT2D eigenvalue weighted by atomic mass is 9.46. The zero-order chi connectivity index (χ0) is 17.3. The first-order valence-corrected chi connectivity index (χ1v) is 9.87. The van der Waals surface area contributed by atoms with Gasteiger partial charge in [-0.15, -0.1) is 0 Å². The number of allylic oxidation sites excluding steroid dienone is 1. The highest BCUT2D eigenvalue weighted by atomic mass is 16.3. The van der Waals surface area contributed by atoms with Crippen LogP contribution in [-0.2, 0) is 4.79 Å². The summed E-state index contributed by atoms with van der Waals surface area (Å²) in [5.41, 5.74) is 1.60. The Hall–Kier alpha value is -0.670. The van der Waals surface area contributed by atoms with E-state index in [-0.39, 0.29) is 29.0 Å². The maximum absolute atomic E-state index is 11.9. The van der Waals surface area contributed by atoms with E-state index in [9.17, 15) is 15.0 Å². The summed E-state index contributed by atoms with van der Waals surface area (Å²) < 4.78 is 0. The van der Waals surface area contributed by atoms with Crippen LogP contribution in [0.25, 0.3) is 0 Å². The molecule has 2 N–H and O–H groups in total. The van der Waals surface area contributed by atoms with Gasteiger partial charge in [-0.2, -0.15) is 0 Å². The van der Waals surface area contributed by atoms with E-state index < -0.39 is 0 Å². The Morgan fingerprint density at radius 3 is 2.67 bits per heavy atom. The molecule has 4 rings (SSSR count). The number of rotatable bonds is 1. The van der Waals surface area contributed by atoms with Gasteiger partial charge >= 0.3 is 0 Å². The van der Waals surface area contributed by atoms with E-state index in [0.717, 1.165) is 32.1 Å².